The first kappa shape index (κ1) is 29.1. The van der Waals surface area contributed by atoms with E-state index in [9.17, 15) is 19.2 Å². The number of hydrogen-bond acceptors (Lipinski definition) is 8. The van der Waals surface area contributed by atoms with Crippen molar-refractivity contribution in [1.82, 2.24) is 20.9 Å². The van der Waals surface area contributed by atoms with Crippen LogP contribution in [0.4, 0.5) is 0 Å². The molecule has 0 spiro atoms. The molecule has 4 atom stereocenters. The molecular weight excluding hydrogens is 496 g/mol. The van der Waals surface area contributed by atoms with E-state index >= 15 is 0 Å². The van der Waals surface area contributed by atoms with Gasteiger partial charge in [-0.3, -0.25) is 24.1 Å². The Hall–Kier alpha value is -2.47. The van der Waals surface area contributed by atoms with Gasteiger partial charge in [0.2, 0.25) is 17.7 Å². The molecule has 0 bridgehead atoms. The van der Waals surface area contributed by atoms with E-state index in [4.69, 9.17) is 9.47 Å². The summed E-state index contributed by atoms with van der Waals surface area (Å²) in [7, 11) is 0. The number of nitrogens with zero attached hydrogens (tertiary/aromatic N) is 1. The SMILES string of the molecule is CSCCC(NC(=O)C(C)NC(=O)CN1CCOCC1)C(=O)NC(Cc1ccccc1)C(=O)C1(C)CO1. The van der Waals surface area contributed by atoms with Crippen molar-refractivity contribution < 1.29 is 28.7 Å². The molecule has 204 valence electrons. The Kier molecular flexibility index (Phi) is 10.9. The second-order valence-electron chi connectivity index (χ2n) is 9.66. The van der Waals surface area contributed by atoms with Gasteiger partial charge in [-0.25, -0.2) is 0 Å². The van der Waals surface area contributed by atoms with Crippen LogP contribution in [-0.4, -0.2) is 104 Å². The zero-order valence-corrected chi connectivity index (χ0v) is 22.6. The minimum atomic E-state index is -0.899. The van der Waals surface area contributed by atoms with Gasteiger partial charge in [0.05, 0.1) is 32.4 Å². The maximum absolute atomic E-state index is 13.3. The molecule has 2 aliphatic heterocycles. The predicted octanol–water partition coefficient (Wildman–Crippen LogP) is 0.147. The van der Waals surface area contributed by atoms with E-state index in [0.29, 0.717) is 51.5 Å². The topological polar surface area (TPSA) is 129 Å². The summed E-state index contributed by atoms with van der Waals surface area (Å²) in [5.41, 5.74) is 0.0102. The third-order valence-corrected chi connectivity index (χ3v) is 7.14. The van der Waals surface area contributed by atoms with Gasteiger partial charge in [-0.2, -0.15) is 11.8 Å². The molecule has 10 nitrogen and oxygen atoms in total. The summed E-state index contributed by atoms with van der Waals surface area (Å²) in [6, 6.07) is 6.99. The van der Waals surface area contributed by atoms with Gasteiger partial charge >= 0.3 is 0 Å². The fourth-order valence-corrected chi connectivity index (χ4v) is 4.54. The fourth-order valence-electron chi connectivity index (χ4n) is 4.07. The molecular formula is C26H38N4O6S. The van der Waals surface area contributed by atoms with Gasteiger partial charge in [0, 0.05) is 13.1 Å². The summed E-state index contributed by atoms with van der Waals surface area (Å²) in [4.78, 5) is 53.7. The maximum atomic E-state index is 13.3. The highest BCUT2D eigenvalue weighted by Gasteiger charge is 2.50. The van der Waals surface area contributed by atoms with Crippen molar-refractivity contribution in [1.29, 1.82) is 0 Å². The number of nitrogens with one attached hydrogen (secondary N) is 3. The Balaban J connectivity index is 1.61. The summed E-state index contributed by atoms with van der Waals surface area (Å²) in [5.74, 6) is -0.717. The van der Waals surface area contributed by atoms with Gasteiger partial charge < -0.3 is 25.4 Å². The number of rotatable bonds is 14. The molecule has 0 aromatic heterocycles. The largest absolute Gasteiger partial charge is 0.379 e. The first-order valence-electron chi connectivity index (χ1n) is 12.6. The molecule has 37 heavy (non-hydrogen) atoms. The average Bonchev–Trinajstić information content (AvgIpc) is 3.64. The van der Waals surface area contributed by atoms with E-state index < -0.39 is 35.5 Å². The van der Waals surface area contributed by atoms with Crippen molar-refractivity contribution in [2.45, 2.75) is 50.4 Å². The van der Waals surface area contributed by atoms with E-state index in [1.165, 1.54) is 0 Å². The number of Topliss-reactive ketones (excluding diaryl/α,β-unsaturated/α-hetero) is 1. The summed E-state index contributed by atoms with van der Waals surface area (Å²) < 4.78 is 10.6. The number of ether oxygens (including phenoxy) is 2. The molecule has 2 aliphatic rings. The van der Waals surface area contributed by atoms with Crippen LogP contribution in [0.1, 0.15) is 25.8 Å². The first-order chi connectivity index (χ1) is 17.7. The lowest BCUT2D eigenvalue weighted by atomic mass is 9.94. The van der Waals surface area contributed by atoms with Gasteiger partial charge in [-0.15, -0.1) is 0 Å². The molecule has 1 aromatic rings. The highest BCUT2D eigenvalue weighted by molar-refractivity contribution is 7.98. The van der Waals surface area contributed by atoms with Crippen molar-refractivity contribution in [2.75, 3.05) is 51.5 Å². The van der Waals surface area contributed by atoms with Crippen LogP contribution in [0.2, 0.25) is 0 Å². The van der Waals surface area contributed by atoms with Crippen LogP contribution in [0.5, 0.6) is 0 Å². The normalized spacial score (nSPS) is 21.8. The Morgan fingerprint density at radius 1 is 1.03 bits per heavy atom. The van der Waals surface area contributed by atoms with Gasteiger partial charge in [0.15, 0.2) is 5.78 Å². The molecule has 1 aromatic carbocycles. The van der Waals surface area contributed by atoms with Gasteiger partial charge in [-0.05, 0) is 44.3 Å². The van der Waals surface area contributed by atoms with Gasteiger partial charge in [0.25, 0.3) is 0 Å². The highest BCUT2D eigenvalue weighted by Crippen LogP contribution is 2.29. The predicted molar refractivity (Wildman–Crippen MR) is 141 cm³/mol. The Labute approximate surface area is 222 Å². The summed E-state index contributed by atoms with van der Waals surface area (Å²) in [5, 5.41) is 8.34. The molecule has 2 fully saturated rings. The quantitative estimate of drug-likeness (QED) is 0.288. The number of ketones is 1. The van der Waals surface area contributed by atoms with E-state index in [1.807, 2.05) is 41.5 Å². The van der Waals surface area contributed by atoms with Gasteiger partial charge in [-0.1, -0.05) is 30.3 Å². The number of carbonyl (C=O) groups excluding carboxylic acids is 4. The molecule has 0 saturated carbocycles. The van der Waals surface area contributed by atoms with Crippen molar-refractivity contribution >= 4 is 35.3 Å². The lowest BCUT2D eigenvalue weighted by Crippen LogP contribution is -2.57. The third kappa shape index (κ3) is 9.10. The van der Waals surface area contributed by atoms with Crippen molar-refractivity contribution in [3.63, 3.8) is 0 Å². The van der Waals surface area contributed by atoms with Crippen LogP contribution in [0.25, 0.3) is 0 Å². The molecule has 3 rings (SSSR count). The van der Waals surface area contributed by atoms with Crippen LogP contribution in [-0.2, 0) is 35.1 Å². The van der Waals surface area contributed by atoms with Crippen molar-refractivity contribution in [2.24, 2.45) is 0 Å². The van der Waals surface area contributed by atoms with Crippen LogP contribution in [0.3, 0.4) is 0 Å². The standard InChI is InChI=1S/C26H38N4O6S/c1-18(27-22(31)16-30-10-12-35-13-11-30)24(33)28-20(9-14-37-3)25(34)29-21(23(32)26(2)17-36-26)15-19-7-5-4-6-8-19/h4-8,18,20-21H,9-17H2,1-3H3,(H,27,31)(H,28,33)(H,29,34). The van der Waals surface area contributed by atoms with Crippen LogP contribution in [0, 0.1) is 0 Å². The summed E-state index contributed by atoms with van der Waals surface area (Å²) in [6.45, 7) is 6.29. The minimum Gasteiger partial charge on any atom is -0.379 e. The highest BCUT2D eigenvalue weighted by atomic mass is 32.2. The molecule has 11 heteroatoms. The third-order valence-electron chi connectivity index (χ3n) is 6.50. The first-order valence-corrected chi connectivity index (χ1v) is 14.0. The molecule has 3 N–H and O–H groups in total. The van der Waals surface area contributed by atoms with Gasteiger partial charge in [0.1, 0.15) is 17.7 Å². The second-order valence-corrected chi connectivity index (χ2v) is 10.6. The number of thioether (sulfide) groups is 1. The summed E-state index contributed by atoms with van der Waals surface area (Å²) >= 11 is 1.55. The zero-order chi connectivity index (χ0) is 26.8. The van der Waals surface area contributed by atoms with E-state index in [1.54, 1.807) is 25.6 Å². The molecule has 2 heterocycles. The zero-order valence-electron chi connectivity index (χ0n) is 21.8. The van der Waals surface area contributed by atoms with Crippen molar-refractivity contribution in [3.05, 3.63) is 35.9 Å². The number of morpholine rings is 1. The number of epoxide rings is 1. The van der Waals surface area contributed by atoms with E-state index in [0.717, 1.165) is 5.56 Å². The molecule has 2 saturated heterocycles. The summed E-state index contributed by atoms with van der Waals surface area (Å²) in [6.07, 6.45) is 2.62. The number of hydrogen-bond donors (Lipinski definition) is 3. The number of amides is 3. The monoisotopic (exact) mass is 534 g/mol. The van der Waals surface area contributed by atoms with Crippen LogP contribution >= 0.6 is 11.8 Å². The molecule has 0 aliphatic carbocycles. The van der Waals surface area contributed by atoms with Crippen molar-refractivity contribution in [3.8, 4) is 0 Å². The lowest BCUT2D eigenvalue weighted by molar-refractivity contribution is -0.134. The fraction of sp³-hybridized carbons (Fsp3) is 0.615. The number of carbonyl (C=O) groups is 4. The Bertz CT molecular complexity index is 936. The Morgan fingerprint density at radius 3 is 2.30 bits per heavy atom. The molecule has 3 amide bonds. The maximum Gasteiger partial charge on any atom is 0.243 e. The minimum absolute atomic E-state index is 0.182. The molecule has 0 radical (unpaired) electrons. The average molecular weight is 535 g/mol. The molecule has 4 unspecified atom stereocenters. The van der Waals surface area contributed by atoms with E-state index in [2.05, 4.69) is 16.0 Å². The van der Waals surface area contributed by atoms with E-state index in [-0.39, 0.29) is 18.2 Å². The lowest BCUT2D eigenvalue weighted by Gasteiger charge is -2.27. The second kappa shape index (κ2) is 13.9. The Morgan fingerprint density at radius 2 is 1.68 bits per heavy atom. The van der Waals surface area contributed by atoms with Crippen LogP contribution in [0.15, 0.2) is 30.3 Å². The van der Waals surface area contributed by atoms with Crippen LogP contribution < -0.4 is 16.0 Å². The smallest absolute Gasteiger partial charge is 0.243 e. The number of benzene rings is 1.